The van der Waals surface area contributed by atoms with Crippen LogP contribution in [0.3, 0.4) is 0 Å². The van der Waals surface area contributed by atoms with Gasteiger partial charge in [-0.1, -0.05) is 31.1 Å². The van der Waals surface area contributed by atoms with Crippen LogP contribution in [0.15, 0.2) is 22.7 Å². The molecule has 2 rings (SSSR count). The molecule has 0 aliphatic heterocycles. The number of rotatable bonds is 5. The van der Waals surface area contributed by atoms with E-state index in [0.717, 1.165) is 16.9 Å². The molecule has 0 amide bonds. The Hall–Kier alpha value is -1.88. The first kappa shape index (κ1) is 14.5. The van der Waals surface area contributed by atoms with Gasteiger partial charge in [0.1, 0.15) is 5.75 Å². The molecule has 0 spiro atoms. The first-order valence-corrected chi connectivity index (χ1v) is 6.78. The molecule has 0 aliphatic rings. The monoisotopic (exact) mass is 275 g/mol. The van der Waals surface area contributed by atoms with Crippen LogP contribution in [-0.2, 0) is 6.61 Å². The molecule has 108 valence electrons. The second-order valence-corrected chi connectivity index (χ2v) is 5.32. The van der Waals surface area contributed by atoms with E-state index >= 15 is 0 Å². The standard InChI is InChI=1S/C15H21N3O2/c1-9(2)15-17-14(18-20-15)8-19-13-7-10(3)5-6-12(13)11(4)16/h5-7,9,11H,8,16H2,1-4H3/t11-/m0/s1. The Morgan fingerprint density at radius 3 is 2.65 bits per heavy atom. The summed E-state index contributed by atoms with van der Waals surface area (Å²) >= 11 is 0. The van der Waals surface area contributed by atoms with Crippen molar-refractivity contribution in [1.82, 2.24) is 10.1 Å². The van der Waals surface area contributed by atoms with Crippen molar-refractivity contribution in [2.75, 3.05) is 0 Å². The molecule has 0 bridgehead atoms. The summed E-state index contributed by atoms with van der Waals surface area (Å²) in [5.41, 5.74) is 8.05. The number of aromatic nitrogens is 2. The molecule has 0 fully saturated rings. The number of benzene rings is 1. The summed E-state index contributed by atoms with van der Waals surface area (Å²) < 4.78 is 10.9. The number of hydrogen-bond acceptors (Lipinski definition) is 5. The molecule has 5 heteroatoms. The molecule has 0 saturated carbocycles. The van der Waals surface area contributed by atoms with E-state index in [9.17, 15) is 0 Å². The second-order valence-electron chi connectivity index (χ2n) is 5.32. The van der Waals surface area contributed by atoms with E-state index in [4.69, 9.17) is 15.0 Å². The summed E-state index contributed by atoms with van der Waals surface area (Å²) in [5, 5.41) is 3.91. The largest absolute Gasteiger partial charge is 0.485 e. The lowest BCUT2D eigenvalue weighted by Gasteiger charge is -2.13. The van der Waals surface area contributed by atoms with Crippen LogP contribution in [0, 0.1) is 6.92 Å². The molecule has 20 heavy (non-hydrogen) atoms. The normalized spacial score (nSPS) is 12.7. The molecule has 0 saturated heterocycles. The van der Waals surface area contributed by atoms with Gasteiger partial charge in [-0.25, -0.2) is 0 Å². The highest BCUT2D eigenvalue weighted by Gasteiger charge is 2.12. The fourth-order valence-electron chi connectivity index (χ4n) is 1.85. The Bertz CT molecular complexity index is 576. The Kier molecular flexibility index (Phi) is 4.39. The van der Waals surface area contributed by atoms with E-state index in [1.807, 2.05) is 45.9 Å². The molecular weight excluding hydrogens is 254 g/mol. The first-order chi connectivity index (χ1) is 9.47. The quantitative estimate of drug-likeness (QED) is 0.907. The summed E-state index contributed by atoms with van der Waals surface area (Å²) in [6.07, 6.45) is 0. The van der Waals surface area contributed by atoms with Gasteiger partial charge in [0.25, 0.3) is 0 Å². The van der Waals surface area contributed by atoms with Crippen LogP contribution >= 0.6 is 0 Å². The van der Waals surface area contributed by atoms with Crippen LogP contribution in [0.4, 0.5) is 0 Å². The number of nitrogens with two attached hydrogens (primary N) is 1. The van der Waals surface area contributed by atoms with Crippen molar-refractivity contribution in [3.8, 4) is 5.75 Å². The fraction of sp³-hybridized carbons (Fsp3) is 0.467. The maximum absolute atomic E-state index is 5.95. The van der Waals surface area contributed by atoms with Gasteiger partial charge in [0.2, 0.25) is 11.7 Å². The fourth-order valence-corrected chi connectivity index (χ4v) is 1.85. The van der Waals surface area contributed by atoms with Gasteiger partial charge in [0, 0.05) is 17.5 Å². The molecule has 2 N–H and O–H groups in total. The predicted molar refractivity (Wildman–Crippen MR) is 76.5 cm³/mol. The molecule has 0 radical (unpaired) electrons. The minimum atomic E-state index is -0.0814. The highest BCUT2D eigenvalue weighted by molar-refractivity contribution is 5.38. The van der Waals surface area contributed by atoms with Crippen LogP contribution in [-0.4, -0.2) is 10.1 Å². The summed E-state index contributed by atoms with van der Waals surface area (Å²) in [6.45, 7) is 8.24. The van der Waals surface area contributed by atoms with Gasteiger partial charge in [-0.3, -0.25) is 0 Å². The van der Waals surface area contributed by atoms with E-state index < -0.39 is 0 Å². The van der Waals surface area contributed by atoms with Gasteiger partial charge in [-0.15, -0.1) is 0 Å². The summed E-state index contributed by atoms with van der Waals surface area (Å²) in [4.78, 5) is 4.29. The third-order valence-electron chi connectivity index (χ3n) is 2.99. The van der Waals surface area contributed by atoms with Crippen molar-refractivity contribution in [2.45, 2.75) is 46.3 Å². The van der Waals surface area contributed by atoms with E-state index in [-0.39, 0.29) is 18.6 Å². The van der Waals surface area contributed by atoms with Crippen molar-refractivity contribution in [3.05, 3.63) is 41.0 Å². The highest BCUT2D eigenvalue weighted by atomic mass is 16.5. The lowest BCUT2D eigenvalue weighted by Crippen LogP contribution is -2.08. The van der Waals surface area contributed by atoms with Gasteiger partial charge in [-0.2, -0.15) is 4.98 Å². The molecule has 1 heterocycles. The van der Waals surface area contributed by atoms with Gasteiger partial charge < -0.3 is 15.0 Å². The van der Waals surface area contributed by atoms with E-state index in [1.54, 1.807) is 0 Å². The minimum absolute atomic E-state index is 0.0814. The molecule has 2 aromatic rings. The summed E-state index contributed by atoms with van der Waals surface area (Å²) in [5.74, 6) is 2.16. The highest BCUT2D eigenvalue weighted by Crippen LogP contribution is 2.25. The van der Waals surface area contributed by atoms with E-state index in [0.29, 0.717) is 11.7 Å². The van der Waals surface area contributed by atoms with Crippen molar-refractivity contribution in [3.63, 3.8) is 0 Å². The van der Waals surface area contributed by atoms with Crippen molar-refractivity contribution >= 4 is 0 Å². The zero-order chi connectivity index (χ0) is 14.7. The smallest absolute Gasteiger partial charge is 0.229 e. The molecular formula is C15H21N3O2. The van der Waals surface area contributed by atoms with Crippen LogP contribution in [0.2, 0.25) is 0 Å². The Labute approximate surface area is 119 Å². The van der Waals surface area contributed by atoms with Crippen molar-refractivity contribution < 1.29 is 9.26 Å². The SMILES string of the molecule is Cc1ccc([C@H](C)N)c(OCc2noc(C(C)C)n2)c1. The van der Waals surface area contributed by atoms with Crippen LogP contribution < -0.4 is 10.5 Å². The minimum Gasteiger partial charge on any atom is -0.485 e. The van der Waals surface area contributed by atoms with Gasteiger partial charge in [0.15, 0.2) is 6.61 Å². The third kappa shape index (κ3) is 3.36. The van der Waals surface area contributed by atoms with Crippen molar-refractivity contribution in [1.29, 1.82) is 0 Å². The Morgan fingerprint density at radius 2 is 2.05 bits per heavy atom. The molecule has 5 nitrogen and oxygen atoms in total. The number of aryl methyl sites for hydroxylation is 1. The molecule has 0 aliphatic carbocycles. The van der Waals surface area contributed by atoms with Crippen molar-refractivity contribution in [2.24, 2.45) is 5.73 Å². The van der Waals surface area contributed by atoms with E-state index in [1.165, 1.54) is 0 Å². The van der Waals surface area contributed by atoms with Crippen LogP contribution in [0.1, 0.15) is 55.6 Å². The lowest BCUT2D eigenvalue weighted by molar-refractivity contribution is 0.280. The Balaban J connectivity index is 2.11. The number of nitrogens with zero attached hydrogens (tertiary/aromatic N) is 2. The van der Waals surface area contributed by atoms with Crippen LogP contribution in [0.5, 0.6) is 5.75 Å². The second kappa shape index (κ2) is 6.05. The molecule has 1 atom stereocenters. The maximum atomic E-state index is 5.95. The van der Waals surface area contributed by atoms with E-state index in [2.05, 4.69) is 10.1 Å². The number of hydrogen-bond donors (Lipinski definition) is 1. The first-order valence-electron chi connectivity index (χ1n) is 6.78. The average molecular weight is 275 g/mol. The molecule has 1 aromatic heterocycles. The predicted octanol–water partition coefficient (Wildman–Crippen LogP) is 3.10. The lowest BCUT2D eigenvalue weighted by atomic mass is 10.1. The van der Waals surface area contributed by atoms with Gasteiger partial charge >= 0.3 is 0 Å². The Morgan fingerprint density at radius 1 is 1.30 bits per heavy atom. The third-order valence-corrected chi connectivity index (χ3v) is 2.99. The maximum Gasteiger partial charge on any atom is 0.229 e. The molecule has 1 aromatic carbocycles. The average Bonchev–Trinajstić information content (AvgIpc) is 2.85. The summed E-state index contributed by atoms with van der Waals surface area (Å²) in [7, 11) is 0. The van der Waals surface area contributed by atoms with Crippen LogP contribution in [0.25, 0.3) is 0 Å². The zero-order valence-corrected chi connectivity index (χ0v) is 12.4. The number of ether oxygens (including phenoxy) is 1. The van der Waals surface area contributed by atoms with Gasteiger partial charge in [0.05, 0.1) is 0 Å². The molecule has 0 unspecified atom stereocenters. The topological polar surface area (TPSA) is 74.2 Å². The summed E-state index contributed by atoms with van der Waals surface area (Å²) in [6, 6.07) is 5.91. The van der Waals surface area contributed by atoms with Gasteiger partial charge in [-0.05, 0) is 25.5 Å². The zero-order valence-electron chi connectivity index (χ0n) is 12.4.